The molecule has 0 aliphatic heterocycles. The largest absolute Gasteiger partial charge is 0.331 e. The van der Waals surface area contributed by atoms with Crippen LogP contribution in [0.4, 0.5) is 0 Å². The summed E-state index contributed by atoms with van der Waals surface area (Å²) in [5, 5.41) is 0. The standard InChI is InChI=1S/C15H18N2O/c1-10-16-14-9-12(5-8-15(14)17(10)2)11-3-6-13(18)7-4-11/h5,8-9,11H,3-4,6-7H2,1-2H3. The fourth-order valence-corrected chi connectivity index (χ4v) is 2.86. The number of nitrogens with zero attached hydrogens (tertiary/aromatic N) is 2. The van der Waals surface area contributed by atoms with Crippen LogP contribution in [-0.4, -0.2) is 15.3 Å². The van der Waals surface area contributed by atoms with Gasteiger partial charge >= 0.3 is 0 Å². The van der Waals surface area contributed by atoms with Crippen LogP contribution in [0.25, 0.3) is 11.0 Å². The lowest BCUT2D eigenvalue weighted by atomic mass is 9.83. The quantitative estimate of drug-likeness (QED) is 0.770. The molecule has 0 atom stereocenters. The number of imidazole rings is 1. The zero-order valence-corrected chi connectivity index (χ0v) is 10.9. The predicted octanol–water partition coefficient (Wildman–Crippen LogP) is 3.11. The molecule has 18 heavy (non-hydrogen) atoms. The van der Waals surface area contributed by atoms with Crippen molar-refractivity contribution in [2.45, 2.75) is 38.5 Å². The molecule has 0 unspecified atom stereocenters. The Bertz CT molecular complexity index is 602. The highest BCUT2D eigenvalue weighted by atomic mass is 16.1. The topological polar surface area (TPSA) is 34.9 Å². The Kier molecular flexibility index (Phi) is 2.69. The summed E-state index contributed by atoms with van der Waals surface area (Å²) in [6.45, 7) is 2.03. The number of fused-ring (bicyclic) bond motifs is 1. The van der Waals surface area contributed by atoms with Crippen LogP contribution >= 0.6 is 0 Å². The summed E-state index contributed by atoms with van der Waals surface area (Å²) in [5.74, 6) is 2.00. The Balaban J connectivity index is 1.96. The summed E-state index contributed by atoms with van der Waals surface area (Å²) in [4.78, 5) is 15.9. The summed E-state index contributed by atoms with van der Waals surface area (Å²) in [7, 11) is 2.05. The third-order valence-corrected chi connectivity index (χ3v) is 4.14. The van der Waals surface area contributed by atoms with E-state index < -0.39 is 0 Å². The first-order chi connectivity index (χ1) is 8.65. The molecule has 94 valence electrons. The highest BCUT2D eigenvalue weighted by molar-refractivity contribution is 5.80. The minimum atomic E-state index is 0.418. The van der Waals surface area contributed by atoms with Crippen molar-refractivity contribution in [2.24, 2.45) is 7.05 Å². The minimum Gasteiger partial charge on any atom is -0.331 e. The Hall–Kier alpha value is -1.64. The van der Waals surface area contributed by atoms with Crippen LogP contribution in [0.5, 0.6) is 0 Å². The number of Topliss-reactive ketones (excluding diaryl/α,β-unsaturated/α-hetero) is 1. The molecule has 0 radical (unpaired) electrons. The van der Waals surface area contributed by atoms with Crippen molar-refractivity contribution >= 4 is 16.8 Å². The number of carbonyl (C=O) groups excluding carboxylic acids is 1. The average molecular weight is 242 g/mol. The molecule has 1 aromatic heterocycles. The number of hydrogen-bond acceptors (Lipinski definition) is 2. The summed E-state index contributed by atoms with van der Waals surface area (Å²) in [6.07, 6.45) is 3.47. The molecular weight excluding hydrogens is 224 g/mol. The first-order valence-corrected chi connectivity index (χ1v) is 6.60. The van der Waals surface area contributed by atoms with Crippen molar-refractivity contribution in [2.75, 3.05) is 0 Å². The van der Waals surface area contributed by atoms with Gasteiger partial charge < -0.3 is 4.57 Å². The fourth-order valence-electron chi connectivity index (χ4n) is 2.86. The highest BCUT2D eigenvalue weighted by Gasteiger charge is 2.20. The number of hydrogen-bond donors (Lipinski definition) is 0. The van der Waals surface area contributed by atoms with E-state index in [1.165, 1.54) is 11.1 Å². The van der Waals surface area contributed by atoms with Crippen molar-refractivity contribution in [3.05, 3.63) is 29.6 Å². The molecule has 1 fully saturated rings. The number of rotatable bonds is 1. The molecule has 0 N–H and O–H groups in total. The maximum Gasteiger partial charge on any atom is 0.132 e. The number of benzene rings is 1. The van der Waals surface area contributed by atoms with Gasteiger partial charge in [-0.3, -0.25) is 4.79 Å². The van der Waals surface area contributed by atoms with Gasteiger partial charge in [0.2, 0.25) is 0 Å². The first-order valence-electron chi connectivity index (χ1n) is 6.60. The Morgan fingerprint density at radius 3 is 2.72 bits per heavy atom. The highest BCUT2D eigenvalue weighted by Crippen LogP contribution is 2.32. The molecule has 1 aromatic carbocycles. The molecular formula is C15H18N2O. The van der Waals surface area contributed by atoms with E-state index in [1.54, 1.807) is 0 Å². The van der Waals surface area contributed by atoms with Gasteiger partial charge in [0.1, 0.15) is 11.6 Å². The maximum atomic E-state index is 11.3. The third kappa shape index (κ3) is 1.84. The van der Waals surface area contributed by atoms with Gasteiger partial charge in [-0.05, 0) is 43.4 Å². The van der Waals surface area contributed by atoms with E-state index in [9.17, 15) is 4.79 Å². The van der Waals surface area contributed by atoms with Gasteiger partial charge in [0, 0.05) is 19.9 Å². The van der Waals surface area contributed by atoms with Gasteiger partial charge in [-0.15, -0.1) is 0 Å². The van der Waals surface area contributed by atoms with Gasteiger partial charge in [0.25, 0.3) is 0 Å². The Labute approximate surface area is 107 Å². The van der Waals surface area contributed by atoms with E-state index >= 15 is 0 Å². The van der Waals surface area contributed by atoms with E-state index in [2.05, 4.69) is 27.8 Å². The molecule has 1 heterocycles. The maximum absolute atomic E-state index is 11.3. The molecule has 1 aliphatic rings. The van der Waals surface area contributed by atoms with Crippen molar-refractivity contribution in [1.82, 2.24) is 9.55 Å². The van der Waals surface area contributed by atoms with Crippen molar-refractivity contribution in [3.63, 3.8) is 0 Å². The molecule has 3 heteroatoms. The summed E-state index contributed by atoms with van der Waals surface area (Å²) < 4.78 is 2.11. The Morgan fingerprint density at radius 2 is 2.00 bits per heavy atom. The second-order valence-corrected chi connectivity index (χ2v) is 5.28. The van der Waals surface area contributed by atoms with Crippen LogP contribution in [0, 0.1) is 6.92 Å². The first kappa shape index (κ1) is 11.5. The average Bonchev–Trinajstić information content (AvgIpc) is 2.65. The van der Waals surface area contributed by atoms with Crippen molar-refractivity contribution in [3.8, 4) is 0 Å². The van der Waals surface area contributed by atoms with Gasteiger partial charge in [-0.25, -0.2) is 4.98 Å². The summed E-state index contributed by atoms with van der Waals surface area (Å²) in [6, 6.07) is 6.55. The van der Waals surface area contributed by atoms with E-state index in [4.69, 9.17) is 0 Å². The van der Waals surface area contributed by atoms with Crippen LogP contribution < -0.4 is 0 Å². The molecule has 1 saturated carbocycles. The van der Waals surface area contributed by atoms with E-state index in [1.807, 2.05) is 14.0 Å². The summed E-state index contributed by atoms with van der Waals surface area (Å²) in [5.41, 5.74) is 3.60. The molecule has 2 aromatic rings. The predicted molar refractivity (Wildman–Crippen MR) is 71.7 cm³/mol. The normalized spacial score (nSPS) is 17.6. The Morgan fingerprint density at radius 1 is 1.28 bits per heavy atom. The zero-order valence-electron chi connectivity index (χ0n) is 10.9. The van der Waals surface area contributed by atoms with Crippen molar-refractivity contribution in [1.29, 1.82) is 0 Å². The van der Waals surface area contributed by atoms with Gasteiger partial charge in [0.05, 0.1) is 11.0 Å². The number of ketones is 1. The molecule has 3 nitrogen and oxygen atoms in total. The van der Waals surface area contributed by atoms with Crippen LogP contribution in [0.1, 0.15) is 43.0 Å². The lowest BCUT2D eigenvalue weighted by Crippen LogP contribution is -2.12. The summed E-state index contributed by atoms with van der Waals surface area (Å²) >= 11 is 0. The van der Waals surface area contributed by atoms with Crippen LogP contribution in [0.15, 0.2) is 18.2 Å². The smallest absolute Gasteiger partial charge is 0.132 e. The molecule has 0 spiro atoms. The molecule has 0 bridgehead atoms. The fraction of sp³-hybridized carbons (Fsp3) is 0.467. The number of aryl methyl sites for hydroxylation is 2. The second kappa shape index (κ2) is 4.23. The SMILES string of the molecule is Cc1nc2cc(C3CCC(=O)CC3)ccc2n1C. The monoisotopic (exact) mass is 242 g/mol. The molecule has 0 saturated heterocycles. The van der Waals surface area contributed by atoms with Gasteiger partial charge in [0.15, 0.2) is 0 Å². The van der Waals surface area contributed by atoms with Crippen molar-refractivity contribution < 1.29 is 4.79 Å². The minimum absolute atomic E-state index is 0.418. The molecule has 0 amide bonds. The van der Waals surface area contributed by atoms with E-state index in [0.29, 0.717) is 11.7 Å². The van der Waals surface area contributed by atoms with Crippen LogP contribution in [0.3, 0.4) is 0 Å². The van der Waals surface area contributed by atoms with E-state index in [0.717, 1.165) is 37.0 Å². The van der Waals surface area contributed by atoms with Crippen LogP contribution in [0.2, 0.25) is 0 Å². The number of aromatic nitrogens is 2. The second-order valence-electron chi connectivity index (χ2n) is 5.28. The van der Waals surface area contributed by atoms with Crippen LogP contribution in [-0.2, 0) is 11.8 Å². The zero-order chi connectivity index (χ0) is 12.7. The molecule has 3 rings (SSSR count). The lowest BCUT2D eigenvalue weighted by molar-refractivity contribution is -0.120. The lowest BCUT2D eigenvalue weighted by Gasteiger charge is -2.21. The van der Waals surface area contributed by atoms with Gasteiger partial charge in [-0.2, -0.15) is 0 Å². The molecule has 1 aliphatic carbocycles. The third-order valence-electron chi connectivity index (χ3n) is 4.14. The van der Waals surface area contributed by atoms with E-state index in [-0.39, 0.29) is 0 Å². The van der Waals surface area contributed by atoms with Gasteiger partial charge in [-0.1, -0.05) is 6.07 Å². The number of carbonyl (C=O) groups is 1.